The smallest absolute Gasteiger partial charge is 0.263 e. The number of carbonyl (C=O) groups excluding carboxylic acids is 1. The number of amides is 1. The molecule has 0 unspecified atom stereocenters. The fourth-order valence-corrected chi connectivity index (χ4v) is 2.31. The molecule has 2 rings (SSSR count). The number of nitrogens with two attached hydrogens (primary N) is 1. The SMILES string of the molecule is C[N+](C)=NNc1c(C(N)=O)sc2ncccc12. The lowest BCUT2D eigenvalue weighted by Gasteiger charge is -1.94. The molecule has 7 heteroatoms. The lowest BCUT2D eigenvalue weighted by atomic mass is 10.2. The van der Waals surface area contributed by atoms with E-state index in [1.54, 1.807) is 31.1 Å². The summed E-state index contributed by atoms with van der Waals surface area (Å²) in [7, 11) is 3.56. The molecular weight excluding hydrogens is 238 g/mol. The molecule has 0 saturated heterocycles. The van der Waals surface area contributed by atoms with Gasteiger partial charge in [-0.05, 0) is 12.1 Å². The lowest BCUT2D eigenvalue weighted by Crippen LogP contribution is -2.11. The number of nitrogens with zero attached hydrogens (tertiary/aromatic N) is 3. The Morgan fingerprint density at radius 3 is 3.00 bits per heavy atom. The highest BCUT2D eigenvalue weighted by atomic mass is 32.1. The molecule has 6 nitrogen and oxygen atoms in total. The van der Waals surface area contributed by atoms with E-state index < -0.39 is 5.91 Å². The first kappa shape index (κ1) is 11.5. The summed E-state index contributed by atoms with van der Waals surface area (Å²) in [6.07, 6.45) is 1.68. The van der Waals surface area contributed by atoms with Crippen LogP contribution in [-0.4, -0.2) is 29.7 Å². The number of primary amides is 1. The fraction of sp³-hybridized carbons (Fsp3) is 0.200. The molecule has 0 atom stereocenters. The Morgan fingerprint density at radius 1 is 1.59 bits per heavy atom. The third-order valence-corrected chi connectivity index (χ3v) is 3.18. The zero-order valence-corrected chi connectivity index (χ0v) is 10.3. The van der Waals surface area contributed by atoms with Crippen molar-refractivity contribution in [2.75, 3.05) is 19.5 Å². The van der Waals surface area contributed by atoms with Gasteiger partial charge in [0.15, 0.2) is 5.69 Å². The van der Waals surface area contributed by atoms with Crippen LogP contribution in [0, 0.1) is 0 Å². The number of pyridine rings is 1. The van der Waals surface area contributed by atoms with Gasteiger partial charge in [-0.2, -0.15) is 4.70 Å². The predicted molar refractivity (Wildman–Crippen MR) is 66.3 cm³/mol. The molecule has 3 N–H and O–H groups in total. The van der Waals surface area contributed by atoms with Crippen molar-refractivity contribution >= 4 is 33.1 Å². The summed E-state index contributed by atoms with van der Waals surface area (Å²) in [4.78, 5) is 16.7. The molecule has 88 valence electrons. The Labute approximate surface area is 102 Å². The first-order valence-corrected chi connectivity index (χ1v) is 5.72. The highest BCUT2D eigenvalue weighted by Crippen LogP contribution is 2.33. The van der Waals surface area contributed by atoms with Crippen LogP contribution in [-0.2, 0) is 0 Å². The molecule has 2 aromatic rings. The number of anilines is 1. The third kappa shape index (κ3) is 2.23. The Kier molecular flexibility index (Phi) is 3.01. The van der Waals surface area contributed by atoms with Gasteiger partial charge in [-0.25, -0.2) is 4.98 Å². The lowest BCUT2D eigenvalue weighted by molar-refractivity contribution is -0.535. The van der Waals surface area contributed by atoms with Gasteiger partial charge in [0, 0.05) is 6.20 Å². The van der Waals surface area contributed by atoms with E-state index in [2.05, 4.69) is 15.6 Å². The monoisotopic (exact) mass is 250 g/mol. The molecule has 0 spiro atoms. The summed E-state index contributed by atoms with van der Waals surface area (Å²) in [5.41, 5.74) is 8.78. The summed E-state index contributed by atoms with van der Waals surface area (Å²) >= 11 is 1.26. The van der Waals surface area contributed by atoms with Gasteiger partial charge < -0.3 is 5.73 Å². The fourth-order valence-electron chi connectivity index (χ4n) is 1.37. The average molecular weight is 250 g/mol. The molecule has 0 fully saturated rings. The minimum atomic E-state index is -0.482. The second kappa shape index (κ2) is 4.46. The van der Waals surface area contributed by atoms with Crippen LogP contribution in [0.1, 0.15) is 9.67 Å². The molecule has 0 radical (unpaired) electrons. The van der Waals surface area contributed by atoms with E-state index in [4.69, 9.17) is 5.73 Å². The highest BCUT2D eigenvalue weighted by Gasteiger charge is 2.20. The Hall–Kier alpha value is -2.02. The molecule has 0 bridgehead atoms. The van der Waals surface area contributed by atoms with Gasteiger partial charge >= 0.3 is 0 Å². The van der Waals surface area contributed by atoms with Crippen LogP contribution >= 0.6 is 11.3 Å². The second-order valence-corrected chi connectivity index (χ2v) is 4.58. The topological polar surface area (TPSA) is 83.4 Å². The molecular formula is C10H12N5OS+. The normalized spacial score (nSPS) is 10.2. The largest absolute Gasteiger partial charge is 0.365 e. The van der Waals surface area contributed by atoms with E-state index in [-0.39, 0.29) is 0 Å². The van der Waals surface area contributed by atoms with Crippen molar-refractivity contribution in [3.8, 4) is 0 Å². The van der Waals surface area contributed by atoms with Gasteiger partial charge in [-0.3, -0.25) is 4.79 Å². The van der Waals surface area contributed by atoms with Gasteiger partial charge in [0.05, 0.1) is 24.7 Å². The summed E-state index contributed by atoms with van der Waals surface area (Å²) < 4.78 is 1.60. The van der Waals surface area contributed by atoms with Gasteiger partial charge in [-0.15, -0.1) is 16.8 Å². The Bertz CT molecular complexity index is 600. The van der Waals surface area contributed by atoms with E-state index >= 15 is 0 Å². The zero-order chi connectivity index (χ0) is 12.4. The van der Waals surface area contributed by atoms with Crippen LogP contribution < -0.4 is 11.2 Å². The number of rotatable bonds is 3. The maximum absolute atomic E-state index is 11.3. The number of thiophene rings is 1. The number of fused-ring (bicyclic) bond motifs is 1. The average Bonchev–Trinajstić information content (AvgIpc) is 2.65. The van der Waals surface area contributed by atoms with E-state index in [1.165, 1.54) is 11.3 Å². The summed E-state index contributed by atoms with van der Waals surface area (Å²) in [5.74, 6) is -0.482. The number of carbonyl (C=O) groups is 1. The van der Waals surface area contributed by atoms with Crippen molar-refractivity contribution in [1.29, 1.82) is 0 Å². The quantitative estimate of drug-likeness (QED) is 0.491. The van der Waals surface area contributed by atoms with Crippen LogP contribution in [0.3, 0.4) is 0 Å². The van der Waals surface area contributed by atoms with Crippen LogP contribution in [0.5, 0.6) is 0 Å². The molecule has 17 heavy (non-hydrogen) atoms. The Balaban J connectivity index is 2.59. The molecule has 0 aliphatic carbocycles. The second-order valence-electron chi connectivity index (χ2n) is 3.59. The maximum Gasteiger partial charge on any atom is 0.263 e. The summed E-state index contributed by atoms with van der Waals surface area (Å²) in [6.45, 7) is 0. The highest BCUT2D eigenvalue weighted by molar-refractivity contribution is 7.21. The summed E-state index contributed by atoms with van der Waals surface area (Å²) in [6, 6.07) is 3.68. The molecule has 1 amide bonds. The minimum Gasteiger partial charge on any atom is -0.365 e. The standard InChI is InChI=1S/C10H11N5OS/c1-15(2)14-13-7-6-4-3-5-12-10(6)17-8(7)9(11)16/h3-5H,1-2H3,(H2,11,16)/p+1. The molecule has 2 heterocycles. The predicted octanol–water partition coefficient (Wildman–Crippen LogP) is 1.45. The molecule has 0 aliphatic heterocycles. The first-order chi connectivity index (χ1) is 8.09. The van der Waals surface area contributed by atoms with Crippen LogP contribution in [0.2, 0.25) is 0 Å². The molecule has 2 aromatic heterocycles. The van der Waals surface area contributed by atoms with E-state index in [0.717, 1.165) is 10.2 Å². The first-order valence-electron chi connectivity index (χ1n) is 4.91. The van der Waals surface area contributed by atoms with Gasteiger partial charge in [0.2, 0.25) is 0 Å². The van der Waals surface area contributed by atoms with Crippen molar-refractivity contribution in [3.05, 3.63) is 23.2 Å². The van der Waals surface area contributed by atoms with Crippen LogP contribution in [0.25, 0.3) is 10.2 Å². The Morgan fingerprint density at radius 2 is 2.35 bits per heavy atom. The molecule has 0 aromatic carbocycles. The molecule has 0 aliphatic rings. The van der Waals surface area contributed by atoms with Crippen LogP contribution in [0.15, 0.2) is 23.6 Å². The van der Waals surface area contributed by atoms with Crippen molar-refractivity contribution < 1.29 is 9.49 Å². The van der Waals surface area contributed by atoms with Crippen molar-refractivity contribution in [1.82, 2.24) is 4.98 Å². The van der Waals surface area contributed by atoms with Crippen molar-refractivity contribution in [2.24, 2.45) is 11.0 Å². The summed E-state index contributed by atoms with van der Waals surface area (Å²) in [5, 5.41) is 4.86. The van der Waals surface area contributed by atoms with Crippen LogP contribution in [0.4, 0.5) is 5.69 Å². The van der Waals surface area contributed by atoms with E-state index in [1.807, 2.05) is 6.07 Å². The third-order valence-electron chi connectivity index (χ3n) is 2.05. The van der Waals surface area contributed by atoms with Gasteiger partial charge in [0.1, 0.15) is 9.71 Å². The van der Waals surface area contributed by atoms with Crippen molar-refractivity contribution in [2.45, 2.75) is 0 Å². The minimum absolute atomic E-state index is 0.435. The van der Waals surface area contributed by atoms with Crippen molar-refractivity contribution in [3.63, 3.8) is 0 Å². The number of aromatic nitrogens is 1. The number of hydrogen-bond acceptors (Lipinski definition) is 4. The maximum atomic E-state index is 11.3. The zero-order valence-electron chi connectivity index (χ0n) is 9.47. The number of nitrogens with one attached hydrogen (secondary N) is 1. The van der Waals surface area contributed by atoms with Gasteiger partial charge in [0.25, 0.3) is 5.91 Å². The number of hydrogen-bond donors (Lipinski definition) is 2. The van der Waals surface area contributed by atoms with Gasteiger partial charge in [-0.1, -0.05) is 0 Å². The van der Waals surface area contributed by atoms with E-state index in [0.29, 0.717) is 10.6 Å². The van der Waals surface area contributed by atoms with E-state index in [9.17, 15) is 4.79 Å². The molecule has 0 saturated carbocycles.